The van der Waals surface area contributed by atoms with E-state index < -0.39 is 6.10 Å². The lowest BCUT2D eigenvalue weighted by Gasteiger charge is -2.30. The van der Waals surface area contributed by atoms with Gasteiger partial charge in [0.1, 0.15) is 18.5 Å². The number of hydrogen-bond acceptors (Lipinski definition) is 4. The van der Waals surface area contributed by atoms with Gasteiger partial charge in [-0.1, -0.05) is 48.2 Å². The van der Waals surface area contributed by atoms with Gasteiger partial charge in [0.25, 0.3) is 5.91 Å². The number of allylic oxidation sites excluding steroid dienone is 1. The van der Waals surface area contributed by atoms with Crippen LogP contribution in [0.5, 0.6) is 17.2 Å². The Morgan fingerprint density at radius 1 is 1.14 bits per heavy atom. The van der Waals surface area contributed by atoms with Gasteiger partial charge in [-0.3, -0.25) is 4.79 Å². The van der Waals surface area contributed by atoms with Crippen molar-refractivity contribution in [1.82, 2.24) is 5.32 Å². The molecule has 28 heavy (non-hydrogen) atoms. The summed E-state index contributed by atoms with van der Waals surface area (Å²) in [5.74, 6) is 7.54. The normalized spacial score (nSPS) is 17.0. The van der Waals surface area contributed by atoms with Crippen LogP contribution in [-0.2, 0) is 11.2 Å². The molecule has 0 radical (unpaired) electrons. The van der Waals surface area contributed by atoms with Gasteiger partial charge in [-0.15, -0.1) is 6.58 Å². The summed E-state index contributed by atoms with van der Waals surface area (Å²) in [6, 6.07) is 15.1. The van der Waals surface area contributed by atoms with Crippen molar-refractivity contribution in [3.8, 4) is 29.1 Å². The van der Waals surface area contributed by atoms with Crippen molar-refractivity contribution < 1.29 is 19.0 Å². The second-order valence-electron chi connectivity index (χ2n) is 6.27. The molecule has 0 aromatic heterocycles. The smallest absolute Gasteiger partial charge is 0.265 e. The zero-order chi connectivity index (χ0) is 19.8. The first-order valence-electron chi connectivity index (χ1n) is 9.16. The Morgan fingerprint density at radius 3 is 2.64 bits per heavy atom. The maximum Gasteiger partial charge on any atom is 0.265 e. The monoisotopic (exact) mass is 377 g/mol. The zero-order valence-electron chi connectivity index (χ0n) is 15.8. The van der Waals surface area contributed by atoms with Crippen molar-refractivity contribution in [2.24, 2.45) is 0 Å². The molecule has 2 unspecified atom stereocenters. The Kier molecular flexibility index (Phi) is 6.59. The molecule has 0 bridgehead atoms. The van der Waals surface area contributed by atoms with Gasteiger partial charge in [-0.05, 0) is 37.1 Å². The first-order valence-corrected chi connectivity index (χ1v) is 9.16. The number of ether oxygens (including phenoxy) is 3. The number of rotatable bonds is 6. The van der Waals surface area contributed by atoms with E-state index in [1.165, 1.54) is 0 Å². The number of nitrogens with one attached hydrogen (secondary N) is 1. The molecule has 1 aliphatic rings. The van der Waals surface area contributed by atoms with E-state index in [0.717, 1.165) is 17.7 Å². The standard InChI is InChI=1S/C23H23NO4/c1-3-10-18-11-4-5-12-19(18)26-16-9-8-15-24-23(25)22-17(2)27-20-13-6-7-14-21(20)28-22/h3-7,11-14,17,22H,1,10,15-16H2,2H3,(H,24,25). The molecular weight excluding hydrogens is 354 g/mol. The van der Waals surface area contributed by atoms with Crippen molar-refractivity contribution in [2.75, 3.05) is 13.2 Å². The maximum absolute atomic E-state index is 12.4. The highest BCUT2D eigenvalue weighted by molar-refractivity contribution is 5.82. The SMILES string of the molecule is C=CCc1ccccc1OCC#CCNC(=O)C1Oc2ccccc2OC1C. The van der Waals surface area contributed by atoms with E-state index in [9.17, 15) is 4.79 Å². The van der Waals surface area contributed by atoms with Crippen LogP contribution in [0.2, 0.25) is 0 Å². The summed E-state index contributed by atoms with van der Waals surface area (Å²) < 4.78 is 17.2. The number of hydrogen-bond donors (Lipinski definition) is 1. The molecule has 1 N–H and O–H groups in total. The van der Waals surface area contributed by atoms with Gasteiger partial charge in [0.05, 0.1) is 6.54 Å². The Labute approximate surface area is 165 Å². The van der Waals surface area contributed by atoms with Crippen molar-refractivity contribution in [3.63, 3.8) is 0 Å². The van der Waals surface area contributed by atoms with Gasteiger partial charge in [-0.25, -0.2) is 0 Å². The number of benzene rings is 2. The van der Waals surface area contributed by atoms with E-state index in [1.807, 2.05) is 48.5 Å². The Balaban J connectivity index is 1.46. The topological polar surface area (TPSA) is 56.8 Å². The highest BCUT2D eigenvalue weighted by Crippen LogP contribution is 2.33. The number of para-hydroxylation sites is 3. The second kappa shape index (κ2) is 9.52. The van der Waals surface area contributed by atoms with Gasteiger partial charge in [0, 0.05) is 0 Å². The molecule has 2 aromatic rings. The molecule has 1 aliphatic heterocycles. The first-order chi connectivity index (χ1) is 13.7. The Bertz CT molecular complexity index is 897. The number of carbonyl (C=O) groups is 1. The molecule has 0 aliphatic carbocycles. The molecule has 0 spiro atoms. The fourth-order valence-corrected chi connectivity index (χ4v) is 2.83. The van der Waals surface area contributed by atoms with Crippen LogP contribution >= 0.6 is 0 Å². The van der Waals surface area contributed by atoms with E-state index in [0.29, 0.717) is 11.5 Å². The van der Waals surface area contributed by atoms with Gasteiger partial charge >= 0.3 is 0 Å². The fourth-order valence-electron chi connectivity index (χ4n) is 2.83. The number of amides is 1. The van der Waals surface area contributed by atoms with E-state index in [1.54, 1.807) is 13.0 Å². The first kappa shape index (κ1) is 19.4. The van der Waals surface area contributed by atoms with E-state index in [-0.39, 0.29) is 25.2 Å². The highest BCUT2D eigenvalue weighted by atomic mass is 16.6. The lowest BCUT2D eigenvalue weighted by Crippen LogP contribution is -2.49. The summed E-state index contributed by atoms with van der Waals surface area (Å²) in [7, 11) is 0. The summed E-state index contributed by atoms with van der Waals surface area (Å²) in [4.78, 5) is 12.4. The molecule has 5 heteroatoms. The summed E-state index contributed by atoms with van der Waals surface area (Å²) in [6.45, 7) is 6.01. The molecule has 5 nitrogen and oxygen atoms in total. The van der Waals surface area contributed by atoms with Crippen LogP contribution in [0.1, 0.15) is 12.5 Å². The maximum atomic E-state index is 12.4. The van der Waals surface area contributed by atoms with Crippen LogP contribution < -0.4 is 19.5 Å². The molecular formula is C23H23NO4. The fraction of sp³-hybridized carbons (Fsp3) is 0.261. The molecule has 2 aromatic carbocycles. The summed E-state index contributed by atoms with van der Waals surface area (Å²) >= 11 is 0. The Hall–Kier alpha value is -3.39. The molecule has 3 rings (SSSR count). The highest BCUT2D eigenvalue weighted by Gasteiger charge is 2.33. The molecule has 1 heterocycles. The summed E-state index contributed by atoms with van der Waals surface area (Å²) in [6.07, 6.45) is 1.48. The zero-order valence-corrected chi connectivity index (χ0v) is 15.8. The third-order valence-electron chi connectivity index (χ3n) is 4.21. The van der Waals surface area contributed by atoms with Gasteiger partial charge in [-0.2, -0.15) is 0 Å². The van der Waals surface area contributed by atoms with Crippen LogP contribution in [-0.4, -0.2) is 31.3 Å². The number of fused-ring (bicyclic) bond motifs is 1. The van der Waals surface area contributed by atoms with Crippen molar-refractivity contribution in [1.29, 1.82) is 0 Å². The lowest BCUT2D eigenvalue weighted by atomic mass is 10.1. The largest absolute Gasteiger partial charge is 0.482 e. The van der Waals surface area contributed by atoms with Crippen LogP contribution in [0.4, 0.5) is 0 Å². The molecule has 0 saturated carbocycles. The third-order valence-corrected chi connectivity index (χ3v) is 4.21. The van der Waals surface area contributed by atoms with Crippen molar-refractivity contribution >= 4 is 5.91 Å². The summed E-state index contributed by atoms with van der Waals surface area (Å²) in [5, 5.41) is 2.76. The van der Waals surface area contributed by atoms with Gasteiger partial charge in [0.15, 0.2) is 11.5 Å². The quantitative estimate of drug-likeness (QED) is 0.621. The van der Waals surface area contributed by atoms with Crippen LogP contribution in [0, 0.1) is 11.8 Å². The van der Waals surface area contributed by atoms with Crippen LogP contribution in [0.15, 0.2) is 61.2 Å². The van der Waals surface area contributed by atoms with Crippen LogP contribution in [0.25, 0.3) is 0 Å². The van der Waals surface area contributed by atoms with Gasteiger partial charge in [0.2, 0.25) is 6.10 Å². The van der Waals surface area contributed by atoms with E-state index in [4.69, 9.17) is 14.2 Å². The summed E-state index contributed by atoms with van der Waals surface area (Å²) in [5.41, 5.74) is 1.07. The van der Waals surface area contributed by atoms with E-state index >= 15 is 0 Å². The average molecular weight is 377 g/mol. The predicted molar refractivity (Wildman–Crippen MR) is 108 cm³/mol. The predicted octanol–water partition coefficient (Wildman–Crippen LogP) is 3.14. The molecule has 2 atom stereocenters. The van der Waals surface area contributed by atoms with Crippen LogP contribution in [0.3, 0.4) is 0 Å². The average Bonchev–Trinajstić information content (AvgIpc) is 2.71. The molecule has 0 saturated heterocycles. The minimum absolute atomic E-state index is 0.213. The lowest BCUT2D eigenvalue weighted by molar-refractivity contribution is -0.133. The van der Waals surface area contributed by atoms with Crippen molar-refractivity contribution in [2.45, 2.75) is 25.6 Å². The number of carbonyl (C=O) groups excluding carboxylic acids is 1. The van der Waals surface area contributed by atoms with Gasteiger partial charge < -0.3 is 19.5 Å². The third kappa shape index (κ3) is 4.86. The van der Waals surface area contributed by atoms with Crippen molar-refractivity contribution in [3.05, 3.63) is 66.7 Å². The molecule has 0 fully saturated rings. The Morgan fingerprint density at radius 2 is 1.86 bits per heavy atom. The van der Waals surface area contributed by atoms with E-state index in [2.05, 4.69) is 23.7 Å². The molecule has 144 valence electrons. The minimum Gasteiger partial charge on any atom is -0.482 e. The molecule has 1 amide bonds. The minimum atomic E-state index is -0.710. The second-order valence-corrected chi connectivity index (χ2v) is 6.27.